The number of nitrogens with one attached hydrogen (secondary N) is 1. The van der Waals surface area contributed by atoms with Crippen molar-refractivity contribution in [3.05, 3.63) is 60.3 Å². The van der Waals surface area contributed by atoms with E-state index in [2.05, 4.69) is 25.1 Å². The van der Waals surface area contributed by atoms with E-state index in [0.717, 1.165) is 36.1 Å². The van der Waals surface area contributed by atoms with Crippen LogP contribution in [0.15, 0.2) is 55.2 Å². The normalized spacial score (nSPS) is 14.0. The topological polar surface area (TPSA) is 75.0 Å². The van der Waals surface area contributed by atoms with Crippen LogP contribution in [-0.4, -0.2) is 42.6 Å². The minimum Gasteiger partial charge on any atom is -0.341 e. The third kappa shape index (κ3) is 4.09. The molecule has 8 heteroatoms. The molecule has 1 fully saturated rings. The van der Waals surface area contributed by atoms with Crippen LogP contribution in [0.25, 0.3) is 17.0 Å². The van der Waals surface area contributed by atoms with Crippen molar-refractivity contribution in [2.24, 2.45) is 0 Å². The van der Waals surface area contributed by atoms with Crippen LogP contribution < -0.4 is 4.90 Å². The van der Waals surface area contributed by atoms with Gasteiger partial charge in [-0.1, -0.05) is 11.6 Å². The molecular formula is C19H20ClN7. The predicted molar refractivity (Wildman–Crippen MR) is 106 cm³/mol. The fourth-order valence-electron chi connectivity index (χ4n) is 3.10. The summed E-state index contributed by atoms with van der Waals surface area (Å²) >= 11 is 6.10. The van der Waals surface area contributed by atoms with Crippen molar-refractivity contribution < 1.29 is 0 Å². The van der Waals surface area contributed by atoms with E-state index in [-0.39, 0.29) is 0 Å². The van der Waals surface area contributed by atoms with Crippen LogP contribution in [0, 0.1) is 0 Å². The van der Waals surface area contributed by atoms with Crippen molar-refractivity contribution in [1.29, 1.82) is 0 Å². The molecule has 0 aromatic carbocycles. The van der Waals surface area contributed by atoms with Gasteiger partial charge >= 0.3 is 0 Å². The number of piperidine rings is 1. The molecule has 0 unspecified atom stereocenters. The van der Waals surface area contributed by atoms with Crippen LogP contribution in [0.3, 0.4) is 0 Å². The molecule has 1 N–H and O–H groups in total. The molecule has 4 aromatic heterocycles. The maximum atomic E-state index is 6.10. The zero-order chi connectivity index (χ0) is 18.5. The molecule has 1 saturated heterocycles. The number of pyridine rings is 1. The molecule has 0 spiro atoms. The Morgan fingerprint density at radius 3 is 2.63 bits per heavy atom. The molecule has 7 nitrogen and oxygen atoms in total. The fraction of sp³-hybridized carbons (Fsp3) is 0.263. The summed E-state index contributed by atoms with van der Waals surface area (Å²) in [7, 11) is 0. The van der Waals surface area contributed by atoms with Crippen LogP contribution in [0.4, 0.5) is 5.95 Å². The molecule has 0 bridgehead atoms. The molecule has 5 heterocycles. The van der Waals surface area contributed by atoms with Gasteiger partial charge in [0.15, 0.2) is 0 Å². The van der Waals surface area contributed by atoms with Crippen LogP contribution in [-0.2, 0) is 0 Å². The number of halogens is 1. The maximum Gasteiger partial charge on any atom is 0.225 e. The highest BCUT2D eigenvalue weighted by Gasteiger charge is 2.15. The number of aromatic amines is 1. The number of H-pyrrole nitrogens is 1. The van der Waals surface area contributed by atoms with Gasteiger partial charge in [0.2, 0.25) is 5.95 Å². The summed E-state index contributed by atoms with van der Waals surface area (Å²) in [6, 6.07) is 7.49. The molecule has 0 amide bonds. The van der Waals surface area contributed by atoms with Gasteiger partial charge in [-0.25, -0.2) is 15.0 Å². The average molecular weight is 382 g/mol. The Morgan fingerprint density at radius 2 is 1.89 bits per heavy atom. The highest BCUT2D eigenvalue weighted by molar-refractivity contribution is 6.30. The van der Waals surface area contributed by atoms with Gasteiger partial charge in [-0.3, -0.25) is 9.50 Å². The second-order valence-electron chi connectivity index (χ2n) is 6.27. The number of fused-ring (bicyclic) bond motifs is 1. The van der Waals surface area contributed by atoms with Crippen LogP contribution in [0.5, 0.6) is 0 Å². The number of aromatic nitrogens is 6. The van der Waals surface area contributed by atoms with E-state index in [1.165, 1.54) is 19.3 Å². The summed E-state index contributed by atoms with van der Waals surface area (Å²) in [6.45, 7) is 2.06. The molecular weight excluding hydrogens is 362 g/mol. The Bertz CT molecular complexity index is 973. The summed E-state index contributed by atoms with van der Waals surface area (Å²) in [5, 5.41) is 6.89. The smallest absolute Gasteiger partial charge is 0.225 e. The first-order chi connectivity index (χ1) is 13.3. The molecule has 1 aliphatic heterocycles. The SMILES string of the molecule is Clc1ccc2ncc(-c3ccnc(N4CCCCC4)n3)n2c1.c1cn[nH]c1. The molecule has 138 valence electrons. The fourth-order valence-corrected chi connectivity index (χ4v) is 3.26. The lowest BCUT2D eigenvalue weighted by atomic mass is 10.1. The standard InChI is InChI=1S/C16H16ClN5.C3H4N2/c17-12-4-5-15-19-10-14(22(15)11-12)13-6-7-18-16(20-13)21-8-2-1-3-9-21;1-2-4-5-3-1/h4-7,10-11H,1-3,8-9H2;1-3H,(H,4,5). The highest BCUT2D eigenvalue weighted by atomic mass is 35.5. The lowest BCUT2D eigenvalue weighted by Crippen LogP contribution is -2.31. The molecule has 0 aliphatic carbocycles. The molecule has 4 aromatic rings. The Morgan fingerprint density at radius 1 is 1.00 bits per heavy atom. The first-order valence-corrected chi connectivity index (χ1v) is 9.34. The summed E-state index contributed by atoms with van der Waals surface area (Å²) in [5.41, 5.74) is 2.65. The van der Waals surface area contributed by atoms with Crippen LogP contribution in [0.2, 0.25) is 5.02 Å². The third-order valence-electron chi connectivity index (χ3n) is 4.42. The molecule has 5 rings (SSSR count). The lowest BCUT2D eigenvalue weighted by Gasteiger charge is -2.26. The van der Waals surface area contributed by atoms with E-state index in [1.807, 2.05) is 47.3 Å². The molecule has 0 radical (unpaired) electrons. The van der Waals surface area contributed by atoms with E-state index in [1.54, 1.807) is 12.4 Å². The highest BCUT2D eigenvalue weighted by Crippen LogP contribution is 2.23. The molecule has 0 atom stereocenters. The van der Waals surface area contributed by atoms with Crippen molar-refractivity contribution >= 4 is 23.2 Å². The Balaban J connectivity index is 0.000000314. The Labute approximate surface area is 162 Å². The van der Waals surface area contributed by atoms with E-state index < -0.39 is 0 Å². The van der Waals surface area contributed by atoms with Crippen molar-refractivity contribution in [3.8, 4) is 11.4 Å². The van der Waals surface area contributed by atoms with Gasteiger partial charge < -0.3 is 4.90 Å². The second kappa shape index (κ2) is 8.18. The largest absolute Gasteiger partial charge is 0.341 e. The zero-order valence-corrected chi connectivity index (χ0v) is 15.5. The van der Waals surface area contributed by atoms with E-state index in [0.29, 0.717) is 5.02 Å². The maximum absolute atomic E-state index is 6.10. The number of hydrogen-bond donors (Lipinski definition) is 1. The number of imidazole rings is 1. The lowest BCUT2D eigenvalue weighted by molar-refractivity contribution is 0.568. The second-order valence-corrected chi connectivity index (χ2v) is 6.71. The van der Waals surface area contributed by atoms with Crippen molar-refractivity contribution in [3.63, 3.8) is 0 Å². The average Bonchev–Trinajstić information content (AvgIpc) is 3.42. The van der Waals surface area contributed by atoms with Crippen LogP contribution in [0.1, 0.15) is 19.3 Å². The summed E-state index contributed by atoms with van der Waals surface area (Å²) in [5.74, 6) is 0.800. The monoisotopic (exact) mass is 381 g/mol. The summed E-state index contributed by atoms with van der Waals surface area (Å²) in [6.07, 6.45) is 12.7. The van der Waals surface area contributed by atoms with E-state index in [4.69, 9.17) is 16.6 Å². The van der Waals surface area contributed by atoms with Gasteiger partial charge in [0.25, 0.3) is 0 Å². The van der Waals surface area contributed by atoms with Crippen molar-refractivity contribution in [2.75, 3.05) is 18.0 Å². The number of nitrogens with zero attached hydrogens (tertiary/aromatic N) is 6. The first kappa shape index (κ1) is 17.5. The van der Waals surface area contributed by atoms with Gasteiger partial charge in [-0.05, 0) is 43.5 Å². The van der Waals surface area contributed by atoms with E-state index >= 15 is 0 Å². The van der Waals surface area contributed by atoms with Crippen molar-refractivity contribution in [1.82, 2.24) is 29.5 Å². The van der Waals surface area contributed by atoms with Gasteiger partial charge in [-0.2, -0.15) is 5.10 Å². The number of hydrogen-bond acceptors (Lipinski definition) is 5. The Hall–Kier alpha value is -2.93. The molecule has 0 saturated carbocycles. The third-order valence-corrected chi connectivity index (χ3v) is 4.64. The van der Waals surface area contributed by atoms with Gasteiger partial charge in [0.05, 0.1) is 22.6 Å². The summed E-state index contributed by atoms with van der Waals surface area (Å²) in [4.78, 5) is 15.8. The van der Waals surface area contributed by atoms with Gasteiger partial charge in [0, 0.05) is 37.9 Å². The minimum absolute atomic E-state index is 0.678. The van der Waals surface area contributed by atoms with Crippen LogP contribution >= 0.6 is 11.6 Å². The van der Waals surface area contributed by atoms with E-state index in [9.17, 15) is 0 Å². The molecule has 27 heavy (non-hydrogen) atoms. The number of rotatable bonds is 2. The quantitative estimate of drug-likeness (QED) is 0.571. The number of anilines is 1. The van der Waals surface area contributed by atoms with Gasteiger partial charge in [-0.15, -0.1) is 0 Å². The zero-order valence-electron chi connectivity index (χ0n) is 14.8. The minimum atomic E-state index is 0.678. The van der Waals surface area contributed by atoms with Gasteiger partial charge in [0.1, 0.15) is 5.65 Å². The predicted octanol–water partition coefficient (Wildman–Crippen LogP) is 3.84. The first-order valence-electron chi connectivity index (χ1n) is 8.96. The van der Waals surface area contributed by atoms with Crippen molar-refractivity contribution in [2.45, 2.75) is 19.3 Å². The molecule has 1 aliphatic rings. The Kier molecular flexibility index (Phi) is 5.29. The summed E-state index contributed by atoms with van der Waals surface area (Å²) < 4.78 is 1.96.